The Labute approximate surface area is 177 Å². The average Bonchev–Trinajstić information content (AvgIpc) is 2.98. The van der Waals surface area contributed by atoms with Crippen LogP contribution in [0.15, 0.2) is 66.7 Å². The maximum absolute atomic E-state index is 13.3. The van der Waals surface area contributed by atoms with Gasteiger partial charge in [0.05, 0.1) is 17.7 Å². The van der Waals surface area contributed by atoms with Crippen molar-refractivity contribution in [1.29, 1.82) is 0 Å². The topological polar surface area (TPSA) is 66.5 Å². The number of amides is 3. The Kier molecular flexibility index (Phi) is 5.58. The molecular formula is C24H18F2N2O3. The van der Waals surface area contributed by atoms with Crippen molar-refractivity contribution in [3.8, 4) is 0 Å². The minimum absolute atomic E-state index is 0.0516. The third-order valence-corrected chi connectivity index (χ3v) is 5.03. The molecule has 0 aliphatic carbocycles. The number of hydrogen-bond donors (Lipinski definition) is 1. The van der Waals surface area contributed by atoms with E-state index in [1.165, 1.54) is 12.1 Å². The van der Waals surface area contributed by atoms with E-state index >= 15 is 0 Å². The smallest absolute Gasteiger partial charge is 0.261 e. The minimum atomic E-state index is -0.665. The lowest BCUT2D eigenvalue weighted by molar-refractivity contribution is 0.0642. The Balaban J connectivity index is 1.40. The first kappa shape index (κ1) is 20.4. The van der Waals surface area contributed by atoms with Crippen LogP contribution in [0.25, 0.3) is 0 Å². The lowest BCUT2D eigenvalue weighted by atomic mass is 10.1. The molecule has 0 saturated heterocycles. The van der Waals surface area contributed by atoms with Gasteiger partial charge in [0.1, 0.15) is 11.6 Å². The molecule has 0 atom stereocenters. The van der Waals surface area contributed by atoms with Gasteiger partial charge >= 0.3 is 0 Å². The number of carbonyl (C=O) groups is 3. The molecule has 0 spiro atoms. The highest BCUT2D eigenvalue weighted by Gasteiger charge is 2.34. The van der Waals surface area contributed by atoms with Crippen LogP contribution in [-0.2, 0) is 13.0 Å². The summed E-state index contributed by atoms with van der Waals surface area (Å²) < 4.78 is 26.5. The van der Waals surface area contributed by atoms with Crippen LogP contribution in [0.3, 0.4) is 0 Å². The normalized spacial score (nSPS) is 12.8. The van der Waals surface area contributed by atoms with Gasteiger partial charge in [-0.05, 0) is 53.9 Å². The van der Waals surface area contributed by atoms with Crippen LogP contribution in [0, 0.1) is 11.6 Å². The average molecular weight is 420 g/mol. The maximum Gasteiger partial charge on any atom is 0.261 e. The predicted molar refractivity (Wildman–Crippen MR) is 109 cm³/mol. The first-order valence-electron chi connectivity index (χ1n) is 9.70. The second kappa shape index (κ2) is 8.47. The van der Waals surface area contributed by atoms with Crippen LogP contribution < -0.4 is 5.32 Å². The van der Waals surface area contributed by atoms with Crippen LogP contribution in [0.2, 0.25) is 0 Å². The zero-order valence-corrected chi connectivity index (χ0v) is 16.4. The van der Waals surface area contributed by atoms with Gasteiger partial charge in [-0.2, -0.15) is 0 Å². The SMILES string of the molecule is O=C(NCCc1cc(F)cc(F)c1)c1cccc(CN2C(=O)c3ccccc3C2=O)c1. The van der Waals surface area contributed by atoms with Crippen LogP contribution in [0.5, 0.6) is 0 Å². The molecule has 3 aromatic carbocycles. The van der Waals surface area contributed by atoms with Gasteiger partial charge in [0.25, 0.3) is 17.7 Å². The number of hydrogen-bond acceptors (Lipinski definition) is 3. The van der Waals surface area contributed by atoms with Crippen molar-refractivity contribution in [2.24, 2.45) is 0 Å². The molecule has 0 bridgehead atoms. The summed E-state index contributed by atoms with van der Waals surface area (Å²) in [6, 6.07) is 16.5. The molecule has 0 aromatic heterocycles. The van der Waals surface area contributed by atoms with E-state index in [1.807, 2.05) is 0 Å². The van der Waals surface area contributed by atoms with Crippen molar-refractivity contribution in [2.45, 2.75) is 13.0 Å². The van der Waals surface area contributed by atoms with E-state index in [1.54, 1.807) is 48.5 Å². The lowest BCUT2D eigenvalue weighted by Crippen LogP contribution is -2.29. The fourth-order valence-corrected chi connectivity index (χ4v) is 3.55. The third-order valence-electron chi connectivity index (χ3n) is 5.03. The number of nitrogens with zero attached hydrogens (tertiary/aromatic N) is 1. The number of imide groups is 1. The molecule has 1 aliphatic heterocycles. The van der Waals surface area contributed by atoms with E-state index in [4.69, 9.17) is 0 Å². The molecule has 1 heterocycles. The van der Waals surface area contributed by atoms with Crippen molar-refractivity contribution in [1.82, 2.24) is 10.2 Å². The molecule has 156 valence electrons. The van der Waals surface area contributed by atoms with Gasteiger partial charge in [0.15, 0.2) is 0 Å². The highest BCUT2D eigenvalue weighted by Crippen LogP contribution is 2.24. The molecule has 3 amide bonds. The first-order chi connectivity index (χ1) is 14.9. The number of benzene rings is 3. The highest BCUT2D eigenvalue weighted by molar-refractivity contribution is 6.21. The van der Waals surface area contributed by atoms with Gasteiger partial charge in [0, 0.05) is 18.2 Å². The number of halogens is 2. The monoisotopic (exact) mass is 420 g/mol. The summed E-state index contributed by atoms with van der Waals surface area (Å²) in [5.74, 6) is -2.42. The molecule has 0 fully saturated rings. The molecular weight excluding hydrogens is 402 g/mol. The summed E-state index contributed by atoms with van der Waals surface area (Å²) in [5, 5.41) is 2.71. The minimum Gasteiger partial charge on any atom is -0.352 e. The van der Waals surface area contributed by atoms with Gasteiger partial charge in [-0.3, -0.25) is 19.3 Å². The second-order valence-electron chi connectivity index (χ2n) is 7.23. The summed E-state index contributed by atoms with van der Waals surface area (Å²) in [6.07, 6.45) is 0.273. The van der Waals surface area contributed by atoms with Crippen molar-refractivity contribution in [3.63, 3.8) is 0 Å². The molecule has 3 aromatic rings. The van der Waals surface area contributed by atoms with Crippen molar-refractivity contribution >= 4 is 17.7 Å². The summed E-state index contributed by atoms with van der Waals surface area (Å²) in [5.41, 5.74) is 2.18. The molecule has 0 saturated carbocycles. The summed E-state index contributed by atoms with van der Waals surface area (Å²) in [7, 11) is 0. The molecule has 0 radical (unpaired) electrons. The van der Waals surface area contributed by atoms with E-state index < -0.39 is 11.6 Å². The van der Waals surface area contributed by atoms with E-state index in [-0.39, 0.29) is 37.2 Å². The molecule has 0 unspecified atom stereocenters. The molecule has 1 N–H and O–H groups in total. The van der Waals surface area contributed by atoms with Crippen LogP contribution in [0.4, 0.5) is 8.78 Å². The van der Waals surface area contributed by atoms with Crippen molar-refractivity contribution < 1.29 is 23.2 Å². The summed E-state index contributed by atoms with van der Waals surface area (Å²) in [6.45, 7) is 0.250. The highest BCUT2D eigenvalue weighted by atomic mass is 19.1. The van der Waals surface area contributed by atoms with Gasteiger partial charge in [0.2, 0.25) is 0 Å². The van der Waals surface area contributed by atoms with Crippen molar-refractivity contribution in [3.05, 3.63) is 106 Å². The summed E-state index contributed by atoms with van der Waals surface area (Å²) >= 11 is 0. The second-order valence-corrected chi connectivity index (χ2v) is 7.23. The zero-order chi connectivity index (χ0) is 22.0. The van der Waals surface area contributed by atoms with E-state index in [9.17, 15) is 23.2 Å². The Morgan fingerprint density at radius 2 is 1.45 bits per heavy atom. The van der Waals surface area contributed by atoms with Crippen molar-refractivity contribution in [2.75, 3.05) is 6.54 Å². The standard InChI is InChI=1S/C24H18F2N2O3/c25-18-11-15(12-19(26)13-18)8-9-27-22(29)17-5-3-4-16(10-17)14-28-23(30)20-6-1-2-7-21(20)24(28)31/h1-7,10-13H,8-9,14H2,(H,27,29). The van der Waals surface area contributed by atoms with Gasteiger partial charge in [-0.1, -0.05) is 24.3 Å². The molecule has 1 aliphatic rings. The first-order valence-corrected chi connectivity index (χ1v) is 9.70. The molecule has 4 rings (SSSR count). The Hall–Kier alpha value is -3.87. The maximum atomic E-state index is 13.3. The largest absolute Gasteiger partial charge is 0.352 e. The number of carbonyl (C=O) groups excluding carboxylic acids is 3. The summed E-state index contributed by atoms with van der Waals surface area (Å²) in [4.78, 5) is 38.7. The Morgan fingerprint density at radius 1 is 0.806 bits per heavy atom. The fourth-order valence-electron chi connectivity index (χ4n) is 3.55. The number of nitrogens with one attached hydrogen (secondary N) is 1. The van der Waals surface area contributed by atoms with Crippen LogP contribution in [0.1, 0.15) is 42.2 Å². The molecule has 5 nitrogen and oxygen atoms in total. The van der Waals surface area contributed by atoms with Gasteiger partial charge in [-0.15, -0.1) is 0 Å². The Bertz CT molecular complexity index is 1140. The van der Waals surface area contributed by atoms with Crippen LogP contribution >= 0.6 is 0 Å². The van der Waals surface area contributed by atoms with Gasteiger partial charge < -0.3 is 5.32 Å². The zero-order valence-electron chi connectivity index (χ0n) is 16.4. The van der Waals surface area contributed by atoms with Crippen LogP contribution in [-0.4, -0.2) is 29.2 Å². The fraction of sp³-hybridized carbons (Fsp3) is 0.125. The lowest BCUT2D eigenvalue weighted by Gasteiger charge is -2.14. The third kappa shape index (κ3) is 4.35. The molecule has 31 heavy (non-hydrogen) atoms. The number of fused-ring (bicyclic) bond motifs is 1. The quantitative estimate of drug-likeness (QED) is 0.618. The van der Waals surface area contributed by atoms with Gasteiger partial charge in [-0.25, -0.2) is 8.78 Å². The van der Waals surface area contributed by atoms with E-state index in [2.05, 4.69) is 5.32 Å². The van der Waals surface area contributed by atoms with E-state index in [0.29, 0.717) is 27.8 Å². The van der Waals surface area contributed by atoms with E-state index in [0.717, 1.165) is 11.0 Å². The molecule has 7 heteroatoms. The Morgan fingerprint density at radius 3 is 2.10 bits per heavy atom. The number of rotatable bonds is 6. The predicted octanol–water partition coefficient (Wildman–Crippen LogP) is 3.73.